The Bertz CT molecular complexity index is 804. The number of nitrogens with one attached hydrogen (secondary N) is 1. The Kier molecular flexibility index (Phi) is 11.0. The van der Waals surface area contributed by atoms with E-state index in [2.05, 4.69) is 5.32 Å². The van der Waals surface area contributed by atoms with Gasteiger partial charge in [-0.25, -0.2) is 4.79 Å². The second-order valence-electron chi connectivity index (χ2n) is 7.65. The molecule has 0 aliphatic rings. The molecule has 0 bridgehead atoms. The average Bonchev–Trinajstić information content (AvgIpc) is 2.67. The first-order chi connectivity index (χ1) is 14.1. The Balaban J connectivity index is 2.97. The van der Waals surface area contributed by atoms with Crippen molar-refractivity contribution in [2.24, 2.45) is 5.92 Å². The molecule has 0 heterocycles. The van der Waals surface area contributed by atoms with Crippen LogP contribution in [0.2, 0.25) is 10.0 Å². The third kappa shape index (κ3) is 8.41. The van der Waals surface area contributed by atoms with E-state index in [1.165, 1.54) is 7.11 Å². The Morgan fingerprint density at radius 2 is 1.93 bits per heavy atom. The molecule has 166 valence electrons. The summed E-state index contributed by atoms with van der Waals surface area (Å²) < 4.78 is 4.83. The highest BCUT2D eigenvalue weighted by Crippen LogP contribution is 2.24. The number of rotatable bonds is 10. The number of halogens is 2. The van der Waals surface area contributed by atoms with Gasteiger partial charge in [0.1, 0.15) is 6.04 Å². The van der Waals surface area contributed by atoms with Crippen LogP contribution in [0.4, 0.5) is 0 Å². The van der Waals surface area contributed by atoms with Crippen LogP contribution in [0.15, 0.2) is 41.6 Å². The monoisotopic (exact) mass is 454 g/mol. The van der Waals surface area contributed by atoms with Crippen molar-refractivity contribution < 1.29 is 14.3 Å². The van der Waals surface area contributed by atoms with Gasteiger partial charge in [0.15, 0.2) is 0 Å². The minimum atomic E-state index is -0.653. The van der Waals surface area contributed by atoms with Gasteiger partial charge in [0.2, 0.25) is 5.91 Å². The van der Waals surface area contributed by atoms with E-state index in [0.717, 1.165) is 16.8 Å². The van der Waals surface area contributed by atoms with E-state index >= 15 is 0 Å². The maximum atomic E-state index is 12.7. The van der Waals surface area contributed by atoms with Gasteiger partial charge in [-0.05, 0) is 49.5 Å². The number of ether oxygens (including phenoxy) is 1. The first kappa shape index (κ1) is 26.1. The van der Waals surface area contributed by atoms with Gasteiger partial charge in [0, 0.05) is 29.3 Å². The lowest BCUT2D eigenvalue weighted by Crippen LogP contribution is -2.42. The van der Waals surface area contributed by atoms with Gasteiger partial charge in [-0.2, -0.15) is 0 Å². The van der Waals surface area contributed by atoms with Crippen LogP contribution in [0.25, 0.3) is 0 Å². The van der Waals surface area contributed by atoms with Crippen LogP contribution < -0.4 is 5.32 Å². The minimum Gasteiger partial charge on any atom is -0.467 e. The zero-order valence-corrected chi connectivity index (χ0v) is 20.1. The predicted molar refractivity (Wildman–Crippen MR) is 123 cm³/mol. The van der Waals surface area contributed by atoms with Crippen LogP contribution in [0.1, 0.15) is 46.1 Å². The molecule has 1 atom stereocenters. The van der Waals surface area contributed by atoms with Crippen molar-refractivity contribution in [3.63, 3.8) is 0 Å². The van der Waals surface area contributed by atoms with Crippen LogP contribution in [0.5, 0.6) is 0 Å². The van der Waals surface area contributed by atoms with Crippen molar-refractivity contribution in [2.75, 3.05) is 14.2 Å². The molecular formula is C23H32Cl2N2O3. The Morgan fingerprint density at radius 3 is 2.47 bits per heavy atom. The van der Waals surface area contributed by atoms with Crippen molar-refractivity contribution in [3.05, 3.63) is 57.2 Å². The SMILES string of the molecule is C/C=C\C(CC(=O)NC(CC(C)C)C(=O)OC)=C(/C)N(C)Cc1ccc(Cl)cc1Cl. The number of carbonyl (C=O) groups is 2. The first-order valence-corrected chi connectivity index (χ1v) is 10.7. The van der Waals surface area contributed by atoms with Crippen molar-refractivity contribution >= 4 is 35.1 Å². The van der Waals surface area contributed by atoms with E-state index in [1.807, 2.05) is 57.9 Å². The molecule has 1 unspecified atom stereocenters. The van der Waals surface area contributed by atoms with Gasteiger partial charge >= 0.3 is 5.97 Å². The molecule has 1 rings (SSSR count). The van der Waals surface area contributed by atoms with Crippen molar-refractivity contribution in [1.82, 2.24) is 10.2 Å². The van der Waals surface area contributed by atoms with Crippen molar-refractivity contribution in [1.29, 1.82) is 0 Å². The quantitative estimate of drug-likeness (QED) is 0.381. The van der Waals surface area contributed by atoms with Crippen LogP contribution in [-0.4, -0.2) is 37.0 Å². The standard InChI is InChI=1S/C23H32Cl2N2O3/c1-7-8-17(12-22(28)26-21(11-15(2)3)23(29)30-6)16(4)27(5)14-18-9-10-19(24)13-20(18)25/h7-10,13,15,21H,11-12,14H2,1-6H3,(H,26,28)/b8-7-,17-16-. The molecule has 0 saturated heterocycles. The Hall–Kier alpha value is -1.98. The van der Waals surface area contributed by atoms with Gasteiger partial charge in [0.25, 0.3) is 0 Å². The largest absolute Gasteiger partial charge is 0.467 e. The number of hydrogen-bond donors (Lipinski definition) is 1. The normalized spacial score (nSPS) is 13.2. The van der Waals surface area contributed by atoms with Gasteiger partial charge in [-0.3, -0.25) is 4.79 Å². The Labute approximate surface area is 190 Å². The van der Waals surface area contributed by atoms with E-state index in [-0.39, 0.29) is 18.2 Å². The molecule has 1 aromatic rings. The first-order valence-electron chi connectivity index (χ1n) is 9.93. The number of esters is 1. The third-order valence-corrected chi connectivity index (χ3v) is 5.29. The topological polar surface area (TPSA) is 58.6 Å². The molecule has 30 heavy (non-hydrogen) atoms. The number of methoxy groups -OCH3 is 1. The summed E-state index contributed by atoms with van der Waals surface area (Å²) in [5, 5.41) is 4.00. The molecule has 0 fully saturated rings. The van der Waals surface area contributed by atoms with Gasteiger partial charge in [-0.15, -0.1) is 0 Å². The molecule has 5 nitrogen and oxygen atoms in total. The summed E-state index contributed by atoms with van der Waals surface area (Å²) in [6, 6.07) is 4.76. The number of carbonyl (C=O) groups excluding carboxylic acids is 2. The molecule has 1 N–H and O–H groups in total. The zero-order chi connectivity index (χ0) is 22.8. The second kappa shape index (κ2) is 12.7. The highest BCUT2D eigenvalue weighted by molar-refractivity contribution is 6.35. The Morgan fingerprint density at radius 1 is 1.27 bits per heavy atom. The maximum absolute atomic E-state index is 12.7. The molecule has 0 radical (unpaired) electrons. The summed E-state index contributed by atoms with van der Waals surface area (Å²) in [5.41, 5.74) is 2.73. The molecule has 0 aliphatic heterocycles. The van der Waals surface area contributed by atoms with Crippen LogP contribution >= 0.6 is 23.2 Å². The van der Waals surface area contributed by atoms with Crippen LogP contribution in [-0.2, 0) is 20.9 Å². The number of amides is 1. The van der Waals surface area contributed by atoms with Gasteiger partial charge in [0.05, 0.1) is 13.5 Å². The molecule has 0 spiro atoms. The van der Waals surface area contributed by atoms with E-state index in [9.17, 15) is 9.59 Å². The molecule has 0 aromatic heterocycles. The van der Waals surface area contributed by atoms with Gasteiger partial charge in [-0.1, -0.05) is 55.3 Å². The summed E-state index contributed by atoms with van der Waals surface area (Å²) in [6.45, 7) is 8.42. The van der Waals surface area contributed by atoms with Crippen molar-refractivity contribution in [3.8, 4) is 0 Å². The third-order valence-electron chi connectivity index (χ3n) is 4.71. The molecule has 0 aliphatic carbocycles. The van der Waals surface area contributed by atoms with Crippen LogP contribution in [0, 0.1) is 5.92 Å². The fourth-order valence-electron chi connectivity index (χ4n) is 3.02. The van der Waals surface area contributed by atoms with Crippen LogP contribution in [0.3, 0.4) is 0 Å². The summed E-state index contributed by atoms with van der Waals surface area (Å²) in [4.78, 5) is 26.7. The fourth-order valence-corrected chi connectivity index (χ4v) is 3.49. The van der Waals surface area contributed by atoms with E-state index < -0.39 is 12.0 Å². The van der Waals surface area contributed by atoms with E-state index in [0.29, 0.717) is 23.0 Å². The average molecular weight is 455 g/mol. The number of allylic oxidation sites excluding steroid dienone is 3. The molecule has 0 saturated carbocycles. The smallest absolute Gasteiger partial charge is 0.328 e. The van der Waals surface area contributed by atoms with E-state index in [4.69, 9.17) is 27.9 Å². The summed E-state index contributed by atoms with van der Waals surface area (Å²) >= 11 is 12.3. The summed E-state index contributed by atoms with van der Waals surface area (Å²) in [6.07, 6.45) is 4.47. The molecule has 1 amide bonds. The lowest BCUT2D eigenvalue weighted by molar-refractivity contribution is -0.145. The van der Waals surface area contributed by atoms with E-state index in [1.54, 1.807) is 12.1 Å². The number of nitrogens with zero attached hydrogens (tertiary/aromatic N) is 1. The fraction of sp³-hybridized carbons (Fsp3) is 0.478. The zero-order valence-electron chi connectivity index (χ0n) is 18.6. The maximum Gasteiger partial charge on any atom is 0.328 e. The number of hydrogen-bond acceptors (Lipinski definition) is 4. The summed E-state index contributed by atoms with van der Waals surface area (Å²) in [5.74, 6) is -0.409. The van der Waals surface area contributed by atoms with Gasteiger partial charge < -0.3 is 15.0 Å². The molecular weight excluding hydrogens is 423 g/mol. The molecule has 7 heteroatoms. The highest BCUT2D eigenvalue weighted by Gasteiger charge is 2.23. The minimum absolute atomic E-state index is 0.153. The lowest BCUT2D eigenvalue weighted by Gasteiger charge is -2.24. The highest BCUT2D eigenvalue weighted by atomic mass is 35.5. The predicted octanol–water partition coefficient (Wildman–Crippen LogP) is 5.37. The van der Waals surface area contributed by atoms with Crippen molar-refractivity contribution in [2.45, 2.75) is 53.1 Å². The lowest BCUT2D eigenvalue weighted by atomic mass is 10.0. The molecule has 1 aromatic carbocycles. The second-order valence-corrected chi connectivity index (χ2v) is 8.50. The summed E-state index contributed by atoms with van der Waals surface area (Å²) in [7, 11) is 3.27. The number of benzene rings is 1.